The summed E-state index contributed by atoms with van der Waals surface area (Å²) in [5.41, 5.74) is 1.01. The first kappa shape index (κ1) is 14.3. The van der Waals surface area contributed by atoms with Crippen molar-refractivity contribution in [3.8, 4) is 0 Å². The largest absolute Gasteiger partial charge is 0.355 e. The van der Waals surface area contributed by atoms with E-state index in [0.717, 1.165) is 30.5 Å². The molecule has 0 amide bonds. The second-order valence-electron chi connectivity index (χ2n) is 5.70. The fourth-order valence-electron chi connectivity index (χ4n) is 2.83. The topological polar surface area (TPSA) is 41.0 Å². The van der Waals surface area contributed by atoms with Crippen LogP contribution in [0.5, 0.6) is 0 Å². The van der Waals surface area contributed by atoms with Crippen molar-refractivity contribution in [3.63, 3.8) is 0 Å². The van der Waals surface area contributed by atoms with Crippen LogP contribution in [0.3, 0.4) is 0 Å². The van der Waals surface area contributed by atoms with Gasteiger partial charge in [0.2, 0.25) is 0 Å². The van der Waals surface area contributed by atoms with Gasteiger partial charge >= 0.3 is 0 Å². The van der Waals surface area contributed by atoms with Crippen LogP contribution in [0.1, 0.15) is 45.2 Å². The molecule has 1 saturated carbocycles. The third-order valence-electron chi connectivity index (χ3n) is 4.08. The van der Waals surface area contributed by atoms with Crippen LogP contribution < -0.4 is 10.2 Å². The van der Waals surface area contributed by atoms with E-state index in [0.29, 0.717) is 6.04 Å². The van der Waals surface area contributed by atoms with Crippen molar-refractivity contribution in [2.45, 2.75) is 52.1 Å². The quantitative estimate of drug-likeness (QED) is 0.885. The highest BCUT2D eigenvalue weighted by Crippen LogP contribution is 2.28. The van der Waals surface area contributed by atoms with Crippen LogP contribution >= 0.6 is 0 Å². The molecular formula is C15H26N4. The Morgan fingerprint density at radius 3 is 2.79 bits per heavy atom. The molecule has 2 atom stereocenters. The second-order valence-corrected chi connectivity index (χ2v) is 5.70. The number of hydrogen-bond donors (Lipinski definition) is 1. The standard InChI is InChI=1S/C15H26N4/c1-4-16-11-13-8-9-15(18-17-13)19(3)14-7-5-6-12(2)10-14/h8-9,12,14,16H,4-7,10-11H2,1-3H3. The fourth-order valence-corrected chi connectivity index (χ4v) is 2.83. The van der Waals surface area contributed by atoms with E-state index in [1.54, 1.807) is 0 Å². The number of nitrogens with one attached hydrogen (secondary N) is 1. The van der Waals surface area contributed by atoms with Gasteiger partial charge in [-0.1, -0.05) is 26.7 Å². The summed E-state index contributed by atoms with van der Waals surface area (Å²) in [7, 11) is 2.15. The van der Waals surface area contributed by atoms with Crippen molar-refractivity contribution in [3.05, 3.63) is 17.8 Å². The zero-order chi connectivity index (χ0) is 13.7. The summed E-state index contributed by atoms with van der Waals surface area (Å²) in [4.78, 5) is 2.31. The average Bonchev–Trinajstić information content (AvgIpc) is 2.45. The summed E-state index contributed by atoms with van der Waals surface area (Å²) in [6.07, 6.45) is 5.26. The van der Waals surface area contributed by atoms with E-state index in [2.05, 4.69) is 53.4 Å². The van der Waals surface area contributed by atoms with Crippen molar-refractivity contribution in [2.24, 2.45) is 5.92 Å². The van der Waals surface area contributed by atoms with Gasteiger partial charge in [0.25, 0.3) is 0 Å². The molecule has 4 heteroatoms. The van der Waals surface area contributed by atoms with E-state index in [-0.39, 0.29) is 0 Å². The molecule has 0 radical (unpaired) electrons. The highest BCUT2D eigenvalue weighted by atomic mass is 15.3. The minimum atomic E-state index is 0.623. The highest BCUT2D eigenvalue weighted by molar-refractivity contribution is 5.37. The molecule has 1 N–H and O–H groups in total. The lowest BCUT2D eigenvalue weighted by molar-refractivity contribution is 0.335. The van der Waals surface area contributed by atoms with Crippen LogP contribution in [0, 0.1) is 5.92 Å². The summed E-state index contributed by atoms with van der Waals surface area (Å²) >= 11 is 0. The van der Waals surface area contributed by atoms with Gasteiger partial charge in [-0.25, -0.2) is 0 Å². The molecule has 0 saturated heterocycles. The van der Waals surface area contributed by atoms with Crippen LogP contribution in [0.4, 0.5) is 5.82 Å². The summed E-state index contributed by atoms with van der Waals surface area (Å²) in [6.45, 7) is 6.21. The lowest BCUT2D eigenvalue weighted by Crippen LogP contribution is -2.36. The minimum absolute atomic E-state index is 0.623. The maximum absolute atomic E-state index is 4.37. The predicted molar refractivity (Wildman–Crippen MR) is 79.2 cm³/mol. The van der Waals surface area contributed by atoms with Crippen LogP contribution in [-0.4, -0.2) is 29.8 Å². The van der Waals surface area contributed by atoms with Gasteiger partial charge in [0.05, 0.1) is 5.69 Å². The molecule has 0 aliphatic heterocycles. The maximum Gasteiger partial charge on any atom is 0.151 e. The minimum Gasteiger partial charge on any atom is -0.355 e. The Hall–Kier alpha value is -1.16. The number of hydrogen-bond acceptors (Lipinski definition) is 4. The molecular weight excluding hydrogens is 236 g/mol. The summed E-state index contributed by atoms with van der Waals surface area (Å²) in [5, 5.41) is 11.9. The Kier molecular flexibility index (Phi) is 5.14. The molecule has 1 aliphatic rings. The second kappa shape index (κ2) is 6.85. The number of rotatable bonds is 5. The van der Waals surface area contributed by atoms with Gasteiger partial charge in [-0.3, -0.25) is 0 Å². The van der Waals surface area contributed by atoms with Crippen molar-refractivity contribution < 1.29 is 0 Å². The Morgan fingerprint density at radius 2 is 2.16 bits per heavy atom. The van der Waals surface area contributed by atoms with E-state index in [9.17, 15) is 0 Å². The lowest BCUT2D eigenvalue weighted by Gasteiger charge is -2.34. The van der Waals surface area contributed by atoms with E-state index in [1.165, 1.54) is 25.7 Å². The van der Waals surface area contributed by atoms with Crippen LogP contribution in [-0.2, 0) is 6.54 Å². The third kappa shape index (κ3) is 3.90. The summed E-state index contributed by atoms with van der Waals surface area (Å²) < 4.78 is 0. The van der Waals surface area contributed by atoms with Gasteiger partial charge in [-0.05, 0) is 37.4 Å². The van der Waals surface area contributed by atoms with Gasteiger partial charge in [0.15, 0.2) is 5.82 Å². The molecule has 19 heavy (non-hydrogen) atoms. The summed E-state index contributed by atoms with van der Waals surface area (Å²) in [6, 6.07) is 4.80. The molecule has 2 rings (SSSR count). The van der Waals surface area contributed by atoms with E-state index >= 15 is 0 Å². The molecule has 0 bridgehead atoms. The molecule has 1 aromatic heterocycles. The Morgan fingerprint density at radius 1 is 1.32 bits per heavy atom. The van der Waals surface area contributed by atoms with Gasteiger partial charge in [-0.15, -0.1) is 5.10 Å². The van der Waals surface area contributed by atoms with Gasteiger partial charge < -0.3 is 10.2 Å². The first-order valence-corrected chi connectivity index (χ1v) is 7.47. The summed E-state index contributed by atoms with van der Waals surface area (Å²) in [5.74, 6) is 1.83. The number of aromatic nitrogens is 2. The Balaban J connectivity index is 1.96. The first-order chi connectivity index (χ1) is 9.20. The fraction of sp³-hybridized carbons (Fsp3) is 0.733. The lowest BCUT2D eigenvalue weighted by atomic mass is 9.86. The molecule has 1 aromatic rings. The van der Waals surface area contributed by atoms with E-state index in [1.807, 2.05) is 0 Å². The van der Waals surface area contributed by atoms with Crippen LogP contribution in [0.2, 0.25) is 0 Å². The zero-order valence-electron chi connectivity index (χ0n) is 12.4. The smallest absolute Gasteiger partial charge is 0.151 e. The van der Waals surface area contributed by atoms with Crippen molar-refractivity contribution in [1.82, 2.24) is 15.5 Å². The third-order valence-corrected chi connectivity index (χ3v) is 4.08. The average molecular weight is 262 g/mol. The molecule has 0 spiro atoms. The van der Waals surface area contributed by atoms with Crippen molar-refractivity contribution in [1.29, 1.82) is 0 Å². The monoisotopic (exact) mass is 262 g/mol. The molecule has 106 valence electrons. The molecule has 1 heterocycles. The van der Waals surface area contributed by atoms with Gasteiger partial charge in [0, 0.05) is 19.6 Å². The number of nitrogens with zero attached hydrogens (tertiary/aromatic N) is 3. The van der Waals surface area contributed by atoms with Crippen molar-refractivity contribution in [2.75, 3.05) is 18.5 Å². The molecule has 1 aliphatic carbocycles. The van der Waals surface area contributed by atoms with Crippen LogP contribution in [0.25, 0.3) is 0 Å². The van der Waals surface area contributed by atoms with Crippen LogP contribution in [0.15, 0.2) is 12.1 Å². The molecule has 2 unspecified atom stereocenters. The SMILES string of the molecule is CCNCc1ccc(N(C)C2CCCC(C)C2)nn1. The Bertz CT molecular complexity index is 376. The molecule has 0 aromatic carbocycles. The number of anilines is 1. The van der Waals surface area contributed by atoms with Crippen molar-refractivity contribution >= 4 is 5.82 Å². The van der Waals surface area contributed by atoms with Gasteiger partial charge in [0.1, 0.15) is 0 Å². The first-order valence-electron chi connectivity index (χ1n) is 7.47. The van der Waals surface area contributed by atoms with Gasteiger partial charge in [-0.2, -0.15) is 5.10 Å². The molecule has 1 fully saturated rings. The van der Waals surface area contributed by atoms with E-state index < -0.39 is 0 Å². The predicted octanol–water partition coefficient (Wildman–Crippen LogP) is 2.60. The molecule has 4 nitrogen and oxygen atoms in total. The zero-order valence-corrected chi connectivity index (χ0v) is 12.4. The Labute approximate surface area is 116 Å². The van der Waals surface area contributed by atoms with E-state index in [4.69, 9.17) is 0 Å². The highest BCUT2D eigenvalue weighted by Gasteiger charge is 2.23. The normalized spacial score (nSPS) is 23.3. The maximum atomic E-state index is 4.37.